The maximum absolute atomic E-state index is 12.2. The molecule has 0 spiro atoms. The predicted octanol–water partition coefficient (Wildman–Crippen LogP) is 0.671. The molecule has 0 aliphatic carbocycles. The number of carbonyl (C=O) groups is 1. The van der Waals surface area contributed by atoms with Crippen LogP contribution in [0.4, 0.5) is 5.69 Å². The van der Waals surface area contributed by atoms with Crippen LogP contribution in [0, 0.1) is 6.92 Å². The second kappa shape index (κ2) is 5.49. The van der Waals surface area contributed by atoms with E-state index in [1.54, 1.807) is 30.1 Å². The first-order valence-corrected chi connectivity index (χ1v) is 5.79. The highest BCUT2D eigenvalue weighted by molar-refractivity contribution is 5.94. The van der Waals surface area contributed by atoms with E-state index >= 15 is 0 Å². The molecule has 4 N–H and O–H groups in total. The third-order valence-electron chi connectivity index (χ3n) is 2.83. The molecule has 1 amide bonds. The van der Waals surface area contributed by atoms with Crippen molar-refractivity contribution in [3.63, 3.8) is 0 Å². The Balaban J connectivity index is 2.12. The molecule has 2 rings (SSSR count). The van der Waals surface area contributed by atoms with E-state index in [-0.39, 0.29) is 5.91 Å². The number of hydrogen-bond donors (Lipinski definition) is 3. The van der Waals surface area contributed by atoms with Gasteiger partial charge in [0.25, 0.3) is 5.91 Å². The van der Waals surface area contributed by atoms with Gasteiger partial charge < -0.3 is 10.3 Å². The van der Waals surface area contributed by atoms with Crippen LogP contribution in [0.15, 0.2) is 24.5 Å². The fraction of sp³-hybridized carbons (Fsp3) is 0.250. The first-order chi connectivity index (χ1) is 9.11. The largest absolute Gasteiger partial charge is 0.334 e. The van der Waals surface area contributed by atoms with Gasteiger partial charge in [-0.2, -0.15) is 5.10 Å². The Kier molecular flexibility index (Phi) is 3.76. The molecule has 0 fully saturated rings. The van der Waals surface area contributed by atoms with E-state index in [9.17, 15) is 4.79 Å². The lowest BCUT2D eigenvalue weighted by Crippen LogP contribution is -2.26. The van der Waals surface area contributed by atoms with Gasteiger partial charge in [-0.05, 0) is 30.7 Å². The van der Waals surface area contributed by atoms with Crippen LogP contribution >= 0.6 is 0 Å². The number of anilines is 1. The van der Waals surface area contributed by atoms with Gasteiger partial charge in [0.1, 0.15) is 12.2 Å². The van der Waals surface area contributed by atoms with Crippen LogP contribution in [0.2, 0.25) is 0 Å². The van der Waals surface area contributed by atoms with E-state index in [0.717, 1.165) is 11.3 Å². The first-order valence-electron chi connectivity index (χ1n) is 5.79. The van der Waals surface area contributed by atoms with E-state index < -0.39 is 0 Å². The number of H-pyrrole nitrogens is 1. The Morgan fingerprint density at radius 3 is 2.89 bits per heavy atom. The zero-order chi connectivity index (χ0) is 13.8. The summed E-state index contributed by atoms with van der Waals surface area (Å²) in [6.07, 6.45) is 1.42. The molecule has 0 unspecified atom stereocenters. The maximum atomic E-state index is 12.2. The van der Waals surface area contributed by atoms with E-state index in [2.05, 4.69) is 20.6 Å². The lowest BCUT2D eigenvalue weighted by Gasteiger charge is -2.16. The van der Waals surface area contributed by atoms with Crippen LogP contribution in [0.5, 0.6) is 0 Å². The lowest BCUT2D eigenvalue weighted by atomic mass is 10.1. The predicted molar refractivity (Wildman–Crippen MR) is 71.2 cm³/mol. The molecule has 0 saturated heterocycles. The number of nitrogens with one attached hydrogen (secondary N) is 2. The number of aromatic nitrogens is 3. The summed E-state index contributed by atoms with van der Waals surface area (Å²) in [4.78, 5) is 17.8. The van der Waals surface area contributed by atoms with Crippen LogP contribution in [-0.2, 0) is 6.54 Å². The summed E-state index contributed by atoms with van der Waals surface area (Å²) in [6.45, 7) is 2.27. The van der Waals surface area contributed by atoms with Crippen molar-refractivity contribution in [3.8, 4) is 0 Å². The van der Waals surface area contributed by atoms with E-state index in [1.165, 1.54) is 6.33 Å². The van der Waals surface area contributed by atoms with Gasteiger partial charge in [-0.25, -0.2) is 4.98 Å². The molecule has 1 aromatic heterocycles. The Hall–Kier alpha value is -2.41. The molecule has 0 radical (unpaired) electrons. The van der Waals surface area contributed by atoms with Crippen LogP contribution in [0.3, 0.4) is 0 Å². The number of rotatable bonds is 4. The molecule has 0 aliphatic heterocycles. The van der Waals surface area contributed by atoms with Crippen molar-refractivity contribution in [2.75, 3.05) is 12.5 Å². The monoisotopic (exact) mass is 260 g/mol. The van der Waals surface area contributed by atoms with Crippen LogP contribution in [0.25, 0.3) is 0 Å². The second-order valence-electron chi connectivity index (χ2n) is 4.27. The van der Waals surface area contributed by atoms with Gasteiger partial charge in [0.05, 0.1) is 12.2 Å². The third-order valence-corrected chi connectivity index (χ3v) is 2.83. The number of nitrogens with two attached hydrogens (primary N) is 1. The topological polar surface area (TPSA) is 99.9 Å². The van der Waals surface area contributed by atoms with Crippen molar-refractivity contribution >= 4 is 11.6 Å². The number of benzene rings is 1. The van der Waals surface area contributed by atoms with Gasteiger partial charge in [-0.15, -0.1) is 0 Å². The molecule has 7 nitrogen and oxygen atoms in total. The minimum Gasteiger partial charge on any atom is -0.334 e. The lowest BCUT2D eigenvalue weighted by molar-refractivity contribution is 0.0781. The minimum atomic E-state index is -0.0805. The Bertz CT molecular complexity index is 566. The molecule has 2 aromatic rings. The number of aryl methyl sites for hydroxylation is 1. The fourth-order valence-corrected chi connectivity index (χ4v) is 1.78. The van der Waals surface area contributed by atoms with E-state index in [1.807, 2.05) is 6.92 Å². The highest BCUT2D eigenvalue weighted by Crippen LogP contribution is 2.16. The summed E-state index contributed by atoms with van der Waals surface area (Å²) in [7, 11) is 1.72. The van der Waals surface area contributed by atoms with Gasteiger partial charge in [-0.1, -0.05) is 0 Å². The highest BCUT2D eigenvalue weighted by atomic mass is 16.2. The van der Waals surface area contributed by atoms with E-state index in [4.69, 9.17) is 5.84 Å². The molecule has 0 bridgehead atoms. The molecule has 0 atom stereocenters. The third kappa shape index (κ3) is 2.89. The average Bonchev–Trinajstić information content (AvgIpc) is 2.90. The molecule has 0 saturated carbocycles. The summed E-state index contributed by atoms with van der Waals surface area (Å²) in [5.41, 5.74) is 4.91. The number of hydrazine groups is 1. The van der Waals surface area contributed by atoms with E-state index in [0.29, 0.717) is 17.9 Å². The molecule has 1 aromatic carbocycles. The molecular weight excluding hydrogens is 244 g/mol. The van der Waals surface area contributed by atoms with Crippen molar-refractivity contribution in [2.24, 2.45) is 5.84 Å². The van der Waals surface area contributed by atoms with Gasteiger partial charge >= 0.3 is 0 Å². The van der Waals surface area contributed by atoms with Crippen molar-refractivity contribution in [1.29, 1.82) is 0 Å². The number of hydrogen-bond acceptors (Lipinski definition) is 5. The summed E-state index contributed by atoms with van der Waals surface area (Å²) in [5.74, 6) is 5.93. The maximum Gasteiger partial charge on any atom is 0.254 e. The van der Waals surface area contributed by atoms with Gasteiger partial charge in [0.2, 0.25) is 0 Å². The number of nitrogen functional groups attached to an aromatic ring is 1. The van der Waals surface area contributed by atoms with Gasteiger partial charge in [0, 0.05) is 12.6 Å². The fourth-order valence-electron chi connectivity index (χ4n) is 1.78. The molecule has 100 valence electrons. The second-order valence-corrected chi connectivity index (χ2v) is 4.27. The van der Waals surface area contributed by atoms with Crippen molar-refractivity contribution in [3.05, 3.63) is 41.5 Å². The number of aromatic amines is 1. The summed E-state index contributed by atoms with van der Waals surface area (Å²) >= 11 is 0. The highest BCUT2D eigenvalue weighted by Gasteiger charge is 2.14. The summed E-state index contributed by atoms with van der Waals surface area (Å²) in [5, 5.41) is 6.47. The smallest absolute Gasteiger partial charge is 0.254 e. The first kappa shape index (κ1) is 13.0. The quantitative estimate of drug-likeness (QED) is 0.554. The van der Waals surface area contributed by atoms with Crippen LogP contribution in [0.1, 0.15) is 21.7 Å². The summed E-state index contributed by atoms with van der Waals surface area (Å²) < 4.78 is 0. The molecular formula is C12H16N6O. The van der Waals surface area contributed by atoms with Crippen LogP contribution < -0.4 is 11.3 Å². The minimum absolute atomic E-state index is 0.0805. The van der Waals surface area contributed by atoms with Crippen molar-refractivity contribution in [2.45, 2.75) is 13.5 Å². The zero-order valence-corrected chi connectivity index (χ0v) is 10.8. The zero-order valence-electron chi connectivity index (χ0n) is 10.8. The van der Waals surface area contributed by atoms with Crippen molar-refractivity contribution < 1.29 is 4.79 Å². The number of carbonyl (C=O) groups excluding carboxylic acids is 1. The molecule has 19 heavy (non-hydrogen) atoms. The summed E-state index contributed by atoms with van der Waals surface area (Å²) in [6, 6.07) is 5.32. The average molecular weight is 260 g/mol. The number of amides is 1. The Morgan fingerprint density at radius 2 is 2.32 bits per heavy atom. The molecule has 0 aliphatic rings. The Labute approximate surface area is 110 Å². The van der Waals surface area contributed by atoms with Gasteiger partial charge in [0.15, 0.2) is 0 Å². The standard InChI is InChI=1S/C12H16N6O/c1-8-5-9(3-4-10(8)16-13)12(19)18(2)6-11-14-7-15-17-11/h3-5,7,16H,6,13H2,1-2H3,(H,14,15,17). The number of nitrogens with zero attached hydrogens (tertiary/aromatic N) is 3. The normalized spacial score (nSPS) is 10.3. The van der Waals surface area contributed by atoms with Crippen LogP contribution in [-0.4, -0.2) is 33.0 Å². The van der Waals surface area contributed by atoms with Crippen molar-refractivity contribution in [1.82, 2.24) is 20.1 Å². The molecule has 1 heterocycles. The SMILES string of the molecule is Cc1cc(C(=O)N(C)Cc2ncn[nH]2)ccc1NN. The Morgan fingerprint density at radius 1 is 1.53 bits per heavy atom. The molecule has 7 heteroatoms. The van der Waals surface area contributed by atoms with Gasteiger partial charge in [-0.3, -0.25) is 15.7 Å².